The van der Waals surface area contributed by atoms with Crippen molar-refractivity contribution in [3.05, 3.63) is 60.8 Å². The lowest BCUT2D eigenvalue weighted by atomic mass is 9.97. The van der Waals surface area contributed by atoms with Crippen molar-refractivity contribution in [1.29, 1.82) is 0 Å². The molecule has 0 spiro atoms. The van der Waals surface area contributed by atoms with E-state index in [2.05, 4.69) is 55.6 Å². The van der Waals surface area contributed by atoms with Crippen LogP contribution in [0.15, 0.2) is 60.8 Å². The molecular weight excluding hydrogens is 799 g/mol. The van der Waals surface area contributed by atoms with Crippen molar-refractivity contribution >= 4 is 5.91 Å². The Balaban J connectivity index is 1.93. The van der Waals surface area contributed by atoms with Gasteiger partial charge in [-0.15, -0.1) is 0 Å². The summed E-state index contributed by atoms with van der Waals surface area (Å²) in [5, 5.41) is 86.5. The SMILES string of the molecule is CC/C=C\C/C=C\C/C=C\C/C=C\CCC(=O)NC(COC1OC(CO)C(OC2OC(CO)C(O)C(O)C2O)C(O)C1O)C(O)/C=C/CCCCCCCCCCCCCCC. The number of hydrogen-bond acceptors (Lipinski definition) is 13. The van der Waals surface area contributed by atoms with Crippen molar-refractivity contribution in [1.82, 2.24) is 5.32 Å². The predicted molar refractivity (Wildman–Crippen MR) is 240 cm³/mol. The van der Waals surface area contributed by atoms with Gasteiger partial charge in [0, 0.05) is 6.42 Å². The summed E-state index contributed by atoms with van der Waals surface area (Å²) in [5.74, 6) is -0.323. The lowest BCUT2D eigenvalue weighted by Gasteiger charge is -2.46. The molecule has 2 aliphatic heterocycles. The first-order valence-electron chi connectivity index (χ1n) is 23.5. The lowest BCUT2D eigenvalue weighted by molar-refractivity contribution is -0.359. The predicted octanol–water partition coefficient (Wildman–Crippen LogP) is 5.10. The zero-order valence-corrected chi connectivity index (χ0v) is 37.6. The fraction of sp³-hybridized carbons (Fsp3) is 0.771. The van der Waals surface area contributed by atoms with E-state index in [1.165, 1.54) is 64.2 Å². The third-order valence-corrected chi connectivity index (χ3v) is 11.2. The first-order chi connectivity index (χ1) is 30.1. The number of allylic oxidation sites excluding steroid dienone is 9. The first-order valence-corrected chi connectivity index (χ1v) is 23.5. The van der Waals surface area contributed by atoms with E-state index in [-0.39, 0.29) is 18.9 Å². The van der Waals surface area contributed by atoms with Gasteiger partial charge in [-0.25, -0.2) is 0 Å². The van der Waals surface area contributed by atoms with Gasteiger partial charge in [0.25, 0.3) is 0 Å². The third kappa shape index (κ3) is 22.5. The van der Waals surface area contributed by atoms with Gasteiger partial charge in [0.1, 0.15) is 48.8 Å². The highest BCUT2D eigenvalue weighted by Gasteiger charge is 2.50. The van der Waals surface area contributed by atoms with Gasteiger partial charge in [-0.1, -0.05) is 152 Å². The van der Waals surface area contributed by atoms with Gasteiger partial charge in [-0.3, -0.25) is 4.79 Å². The largest absolute Gasteiger partial charge is 0.394 e. The summed E-state index contributed by atoms with van der Waals surface area (Å²) < 4.78 is 22.6. The molecule has 0 aromatic heterocycles. The maximum absolute atomic E-state index is 13.1. The summed E-state index contributed by atoms with van der Waals surface area (Å²) in [6.07, 6.45) is 24.2. The Labute approximate surface area is 371 Å². The number of unbranched alkanes of at least 4 members (excludes halogenated alkanes) is 13. The average molecular weight is 882 g/mol. The second-order valence-corrected chi connectivity index (χ2v) is 16.5. The number of aliphatic hydroxyl groups is 8. The van der Waals surface area contributed by atoms with Crippen molar-refractivity contribution in [2.45, 2.75) is 216 Å². The van der Waals surface area contributed by atoms with Crippen molar-refractivity contribution in [3.63, 3.8) is 0 Å². The van der Waals surface area contributed by atoms with E-state index in [1.807, 2.05) is 18.2 Å². The quantitative estimate of drug-likeness (QED) is 0.0304. The molecule has 9 N–H and O–H groups in total. The van der Waals surface area contributed by atoms with Crippen LogP contribution in [-0.4, -0.2) is 140 Å². The van der Waals surface area contributed by atoms with Gasteiger partial charge in [0.15, 0.2) is 12.6 Å². The van der Waals surface area contributed by atoms with Crippen LogP contribution in [0.1, 0.15) is 142 Å². The van der Waals surface area contributed by atoms with Crippen molar-refractivity contribution < 1.29 is 64.6 Å². The number of hydrogen-bond donors (Lipinski definition) is 9. The lowest BCUT2D eigenvalue weighted by Crippen LogP contribution is -2.65. The van der Waals surface area contributed by atoms with Gasteiger partial charge in [-0.05, 0) is 44.9 Å². The Bertz CT molecular complexity index is 1270. The summed E-state index contributed by atoms with van der Waals surface area (Å²) in [5.41, 5.74) is 0. The van der Waals surface area contributed by atoms with Crippen molar-refractivity contribution in [2.24, 2.45) is 0 Å². The summed E-state index contributed by atoms with van der Waals surface area (Å²) in [4.78, 5) is 13.1. The second kappa shape index (κ2) is 35.0. The van der Waals surface area contributed by atoms with Crippen molar-refractivity contribution in [2.75, 3.05) is 19.8 Å². The van der Waals surface area contributed by atoms with Crippen LogP contribution in [0.2, 0.25) is 0 Å². The van der Waals surface area contributed by atoms with Gasteiger partial charge in [0.2, 0.25) is 5.91 Å². The third-order valence-electron chi connectivity index (χ3n) is 11.2. The number of aliphatic hydroxyl groups excluding tert-OH is 8. The highest BCUT2D eigenvalue weighted by molar-refractivity contribution is 5.76. The van der Waals surface area contributed by atoms with E-state index < -0.39 is 86.8 Å². The van der Waals surface area contributed by atoms with Gasteiger partial charge in [-0.2, -0.15) is 0 Å². The summed E-state index contributed by atoms with van der Waals surface area (Å²) in [7, 11) is 0. The van der Waals surface area contributed by atoms with Gasteiger partial charge >= 0.3 is 0 Å². The van der Waals surface area contributed by atoms with Crippen LogP contribution in [0, 0.1) is 0 Å². The zero-order valence-electron chi connectivity index (χ0n) is 37.6. The maximum atomic E-state index is 13.1. The molecule has 2 heterocycles. The molecule has 0 aromatic carbocycles. The molecule has 0 radical (unpaired) electrons. The number of nitrogens with one attached hydrogen (secondary N) is 1. The average Bonchev–Trinajstić information content (AvgIpc) is 3.27. The molecule has 0 bridgehead atoms. The number of ether oxygens (including phenoxy) is 4. The molecule has 12 atom stereocenters. The fourth-order valence-electron chi connectivity index (χ4n) is 7.36. The Morgan fingerprint density at radius 1 is 0.597 bits per heavy atom. The zero-order chi connectivity index (χ0) is 45.4. The highest BCUT2D eigenvalue weighted by Crippen LogP contribution is 2.30. The molecule has 0 aliphatic carbocycles. The van der Waals surface area contributed by atoms with Gasteiger partial charge < -0.3 is 65.1 Å². The van der Waals surface area contributed by atoms with E-state index in [0.717, 1.165) is 51.4 Å². The molecular formula is C48H83NO13. The Hall–Kier alpha value is -2.31. The molecule has 12 unspecified atom stereocenters. The van der Waals surface area contributed by atoms with E-state index in [4.69, 9.17) is 18.9 Å². The van der Waals surface area contributed by atoms with E-state index in [0.29, 0.717) is 6.42 Å². The molecule has 2 aliphatic rings. The minimum Gasteiger partial charge on any atom is -0.394 e. The monoisotopic (exact) mass is 882 g/mol. The second-order valence-electron chi connectivity index (χ2n) is 16.5. The van der Waals surface area contributed by atoms with Crippen molar-refractivity contribution in [3.8, 4) is 0 Å². The van der Waals surface area contributed by atoms with E-state index >= 15 is 0 Å². The summed E-state index contributed by atoms with van der Waals surface area (Å²) in [6, 6.07) is -0.952. The maximum Gasteiger partial charge on any atom is 0.220 e. The van der Waals surface area contributed by atoms with Crippen LogP contribution in [0.25, 0.3) is 0 Å². The fourth-order valence-corrected chi connectivity index (χ4v) is 7.36. The van der Waals surface area contributed by atoms with E-state index in [9.17, 15) is 45.6 Å². The Morgan fingerprint density at radius 2 is 1.11 bits per heavy atom. The molecule has 1 amide bonds. The molecule has 0 saturated carbocycles. The molecule has 2 rings (SSSR count). The van der Waals surface area contributed by atoms with Crippen LogP contribution in [-0.2, 0) is 23.7 Å². The molecule has 14 heteroatoms. The standard InChI is InChI=1S/C48H83NO13/c1-3-5-7-9-11-13-15-17-18-20-21-23-25-27-29-31-37(52)36(49-40(53)32-30-28-26-24-22-19-16-14-12-10-8-6-4-2)35-59-47-45(58)43(56)46(39(34-51)61-47)62-48-44(57)42(55)41(54)38(33-50)60-48/h6,8,12,14,19,22,26,28-29,31,36-39,41-48,50-52,54-58H,3-5,7,9-11,13,15-18,20-21,23-25,27,30,32-35H2,1-2H3,(H,49,53)/b8-6-,14-12-,22-19-,28-26-,31-29+. The highest BCUT2D eigenvalue weighted by atomic mass is 16.7. The topological polar surface area (TPSA) is 228 Å². The smallest absolute Gasteiger partial charge is 0.220 e. The molecule has 358 valence electrons. The molecule has 62 heavy (non-hydrogen) atoms. The van der Waals surface area contributed by atoms with Crippen LogP contribution in [0.4, 0.5) is 0 Å². The van der Waals surface area contributed by atoms with E-state index in [1.54, 1.807) is 6.08 Å². The van der Waals surface area contributed by atoms with Crippen LogP contribution >= 0.6 is 0 Å². The Kier molecular flexibility index (Phi) is 31.5. The first kappa shape index (κ1) is 55.8. The molecule has 14 nitrogen and oxygen atoms in total. The number of carbonyl (C=O) groups is 1. The number of carbonyl (C=O) groups excluding carboxylic acids is 1. The van der Waals surface area contributed by atoms with Crippen LogP contribution in [0.3, 0.4) is 0 Å². The Morgan fingerprint density at radius 3 is 1.68 bits per heavy atom. The number of rotatable bonds is 34. The minimum atomic E-state index is -1.79. The van der Waals surface area contributed by atoms with Crippen LogP contribution in [0.5, 0.6) is 0 Å². The molecule has 0 aromatic rings. The van der Waals surface area contributed by atoms with Gasteiger partial charge in [0.05, 0.1) is 32.0 Å². The summed E-state index contributed by atoms with van der Waals surface area (Å²) in [6.45, 7) is 2.59. The summed E-state index contributed by atoms with van der Waals surface area (Å²) >= 11 is 0. The molecule has 2 fully saturated rings. The normalized spacial score (nSPS) is 28.3. The van der Waals surface area contributed by atoms with Crippen LogP contribution < -0.4 is 5.32 Å². The minimum absolute atomic E-state index is 0.158. The molecule has 2 saturated heterocycles. The number of amides is 1.